The fourth-order valence-electron chi connectivity index (χ4n) is 3.99. The van der Waals surface area contributed by atoms with E-state index in [1.54, 1.807) is 36.4 Å². The molecule has 2 aliphatic rings. The van der Waals surface area contributed by atoms with E-state index < -0.39 is 29.0 Å². The molecule has 0 bridgehead atoms. The summed E-state index contributed by atoms with van der Waals surface area (Å²) < 4.78 is 45.1. The molecule has 1 aliphatic carbocycles. The first-order valence-electron chi connectivity index (χ1n) is 10.8. The molecule has 4 atom stereocenters. The highest BCUT2D eigenvalue weighted by molar-refractivity contribution is 6.53. The molecule has 2 aromatic rings. The molecular weight excluding hydrogens is 587 g/mol. The summed E-state index contributed by atoms with van der Waals surface area (Å²) >= 11 is 31.3. The smallest absolute Gasteiger partial charge is 0.372 e. The molecule has 1 saturated heterocycles. The number of epoxide rings is 1. The van der Waals surface area contributed by atoms with Gasteiger partial charge in [-0.05, 0) is 54.9 Å². The van der Waals surface area contributed by atoms with Crippen LogP contribution in [-0.2, 0) is 14.3 Å². The topological polar surface area (TPSA) is 62.9 Å². The number of carbonyl (C=O) groups is 1. The number of amides is 1. The number of nitrogens with one attached hydrogen (secondary N) is 2. The number of benzene rings is 2. The summed E-state index contributed by atoms with van der Waals surface area (Å²) in [5, 5.41) is 7.16. The molecule has 196 valence electrons. The Kier molecular flexibility index (Phi) is 8.59. The van der Waals surface area contributed by atoms with Crippen LogP contribution in [0.3, 0.4) is 0 Å². The second kappa shape index (κ2) is 11.0. The Morgan fingerprint density at radius 2 is 1.78 bits per heavy atom. The van der Waals surface area contributed by atoms with Gasteiger partial charge in [-0.2, -0.15) is 13.2 Å². The zero-order valence-corrected chi connectivity index (χ0v) is 22.1. The summed E-state index contributed by atoms with van der Waals surface area (Å²) in [4.78, 5) is 13.0. The summed E-state index contributed by atoms with van der Waals surface area (Å²) in [5.41, 5.74) is 1.80. The van der Waals surface area contributed by atoms with Crippen molar-refractivity contribution in [3.05, 3.63) is 62.6 Å². The van der Waals surface area contributed by atoms with Crippen LogP contribution in [0.4, 0.5) is 18.9 Å². The maximum atomic E-state index is 13.0. The van der Waals surface area contributed by atoms with Crippen LogP contribution in [0.15, 0.2) is 36.4 Å². The zero-order valence-electron chi connectivity index (χ0n) is 18.4. The van der Waals surface area contributed by atoms with Crippen molar-refractivity contribution < 1.29 is 27.4 Å². The summed E-state index contributed by atoms with van der Waals surface area (Å²) in [6.07, 6.45) is -4.68. The van der Waals surface area contributed by atoms with Gasteiger partial charge >= 0.3 is 6.18 Å². The summed E-state index contributed by atoms with van der Waals surface area (Å²) in [5.74, 6) is -1.58. The second-order valence-electron chi connectivity index (χ2n) is 8.51. The SMILES string of the molecule is O=C(Nc1ccc(Cl)c(C2OC2NCCCOCC(F)(F)F)c1)C1C(c2cc(Cl)cc(Cl)c2)C1(Cl)Cl. The molecule has 2 fully saturated rings. The lowest BCUT2D eigenvalue weighted by molar-refractivity contribution is -0.174. The van der Waals surface area contributed by atoms with Gasteiger partial charge in [0, 0.05) is 38.8 Å². The Bertz CT molecular complexity index is 1110. The quantitative estimate of drug-likeness (QED) is 0.172. The van der Waals surface area contributed by atoms with Crippen LogP contribution in [0.5, 0.6) is 0 Å². The van der Waals surface area contributed by atoms with Crippen molar-refractivity contribution in [2.24, 2.45) is 5.92 Å². The number of ether oxygens (including phenoxy) is 2. The second-order valence-corrected chi connectivity index (χ2v) is 11.2. The number of hydrogen-bond donors (Lipinski definition) is 2. The van der Waals surface area contributed by atoms with Crippen molar-refractivity contribution >= 4 is 69.6 Å². The van der Waals surface area contributed by atoms with E-state index in [1.165, 1.54) is 0 Å². The maximum Gasteiger partial charge on any atom is 0.411 e. The van der Waals surface area contributed by atoms with Crippen molar-refractivity contribution in [3.8, 4) is 0 Å². The highest BCUT2D eigenvalue weighted by Crippen LogP contribution is 2.65. The van der Waals surface area contributed by atoms with E-state index in [1.807, 2.05) is 0 Å². The van der Waals surface area contributed by atoms with Crippen LogP contribution in [0.25, 0.3) is 0 Å². The predicted octanol–water partition coefficient (Wildman–Crippen LogP) is 7.13. The fraction of sp³-hybridized carbons (Fsp3) is 0.435. The van der Waals surface area contributed by atoms with E-state index in [9.17, 15) is 18.0 Å². The number of halogens is 8. The number of alkyl halides is 5. The average molecular weight is 607 g/mol. The highest BCUT2D eigenvalue weighted by Gasteiger charge is 2.67. The van der Waals surface area contributed by atoms with Crippen LogP contribution < -0.4 is 10.6 Å². The minimum Gasteiger partial charge on any atom is -0.372 e. The molecule has 2 N–H and O–H groups in total. The van der Waals surface area contributed by atoms with Gasteiger partial charge < -0.3 is 14.8 Å². The Balaban J connectivity index is 1.31. The third kappa shape index (κ3) is 6.91. The molecule has 4 rings (SSSR count). The van der Waals surface area contributed by atoms with Crippen LogP contribution in [0.1, 0.15) is 29.6 Å². The molecule has 1 amide bonds. The van der Waals surface area contributed by atoms with Crippen molar-refractivity contribution in [1.29, 1.82) is 0 Å². The number of hydrogen-bond acceptors (Lipinski definition) is 4. The van der Waals surface area contributed by atoms with E-state index in [0.29, 0.717) is 44.8 Å². The Morgan fingerprint density at radius 3 is 2.44 bits per heavy atom. The molecule has 0 spiro atoms. The maximum absolute atomic E-state index is 13.0. The molecule has 36 heavy (non-hydrogen) atoms. The van der Waals surface area contributed by atoms with E-state index >= 15 is 0 Å². The molecule has 1 saturated carbocycles. The Hall–Kier alpha value is -0.970. The van der Waals surface area contributed by atoms with Crippen molar-refractivity contribution in [2.45, 2.75) is 35.2 Å². The van der Waals surface area contributed by atoms with Gasteiger partial charge in [0.05, 0.1) is 5.92 Å². The zero-order chi connectivity index (χ0) is 26.3. The summed E-state index contributed by atoms with van der Waals surface area (Å²) in [6, 6.07) is 9.89. The molecule has 4 unspecified atom stereocenters. The number of carbonyl (C=O) groups excluding carboxylic acids is 1. The molecule has 2 aromatic carbocycles. The fourth-order valence-corrected chi connectivity index (χ4v) is 5.59. The minimum absolute atomic E-state index is 0.0294. The monoisotopic (exact) mass is 604 g/mol. The molecule has 1 aliphatic heterocycles. The first-order chi connectivity index (χ1) is 16.9. The molecule has 13 heteroatoms. The van der Waals surface area contributed by atoms with Gasteiger partial charge in [-0.25, -0.2) is 0 Å². The van der Waals surface area contributed by atoms with Gasteiger partial charge in [-0.15, -0.1) is 23.2 Å². The minimum atomic E-state index is -4.34. The molecule has 0 radical (unpaired) electrons. The van der Waals surface area contributed by atoms with Gasteiger partial charge in [-0.3, -0.25) is 10.1 Å². The predicted molar refractivity (Wildman–Crippen MR) is 134 cm³/mol. The normalized spacial score (nSPS) is 24.4. The van der Waals surface area contributed by atoms with E-state index in [2.05, 4.69) is 15.4 Å². The van der Waals surface area contributed by atoms with Crippen LogP contribution >= 0.6 is 58.0 Å². The van der Waals surface area contributed by atoms with Crippen molar-refractivity contribution in [3.63, 3.8) is 0 Å². The van der Waals surface area contributed by atoms with Crippen molar-refractivity contribution in [1.82, 2.24) is 5.32 Å². The highest BCUT2D eigenvalue weighted by atomic mass is 35.5. The molecule has 0 aromatic heterocycles. The van der Waals surface area contributed by atoms with Gasteiger partial charge in [-0.1, -0.05) is 34.8 Å². The van der Waals surface area contributed by atoms with E-state index in [4.69, 9.17) is 62.7 Å². The number of anilines is 1. The summed E-state index contributed by atoms with van der Waals surface area (Å²) in [6.45, 7) is -0.901. The lowest BCUT2D eigenvalue weighted by atomic mass is 10.1. The molecule has 5 nitrogen and oxygen atoms in total. The van der Waals surface area contributed by atoms with Crippen LogP contribution in [0.2, 0.25) is 15.1 Å². The average Bonchev–Trinajstić information content (AvgIpc) is 3.64. The van der Waals surface area contributed by atoms with E-state index in [0.717, 1.165) is 0 Å². The third-order valence-corrected chi connectivity index (χ3v) is 7.44. The largest absolute Gasteiger partial charge is 0.411 e. The molecular formula is C23H20Cl5F3N2O3. The molecule has 1 heterocycles. The van der Waals surface area contributed by atoms with Crippen LogP contribution in [0, 0.1) is 5.92 Å². The lowest BCUT2D eigenvalue weighted by Crippen LogP contribution is -2.22. The van der Waals surface area contributed by atoms with Gasteiger partial charge in [0.2, 0.25) is 5.91 Å². The first-order valence-corrected chi connectivity index (χ1v) is 12.7. The Morgan fingerprint density at radius 1 is 1.08 bits per heavy atom. The van der Waals surface area contributed by atoms with Gasteiger partial charge in [0.25, 0.3) is 0 Å². The van der Waals surface area contributed by atoms with Crippen LogP contribution in [-0.4, -0.2) is 42.4 Å². The van der Waals surface area contributed by atoms with Gasteiger partial charge in [0.15, 0.2) is 0 Å². The van der Waals surface area contributed by atoms with Gasteiger partial charge in [0.1, 0.15) is 23.3 Å². The third-order valence-electron chi connectivity index (χ3n) is 5.72. The Labute approximate surface area is 230 Å². The van der Waals surface area contributed by atoms with Crippen molar-refractivity contribution in [2.75, 3.05) is 25.1 Å². The first kappa shape index (κ1) is 28.0. The number of rotatable bonds is 10. The standard InChI is InChI=1S/C23H20Cl5F3N2O3/c24-12-6-11(7-13(25)8-12)17-18(23(17,27)28)20(34)33-14-2-3-16(26)15(9-14)19-21(36-19)32-4-1-5-35-10-22(29,30)31/h2-3,6-9,17-19,21,32H,1,4-5,10H2,(H,33,34). The lowest BCUT2D eigenvalue weighted by Gasteiger charge is -2.09. The van der Waals surface area contributed by atoms with E-state index in [-0.39, 0.29) is 24.8 Å². The summed E-state index contributed by atoms with van der Waals surface area (Å²) in [7, 11) is 0.